The Hall–Kier alpha value is -0.430. The van der Waals surface area contributed by atoms with E-state index in [0.717, 1.165) is 0 Å². The molecule has 0 aliphatic heterocycles. The quantitative estimate of drug-likeness (QED) is 0.698. The van der Waals surface area contributed by atoms with Crippen LogP contribution in [-0.4, -0.2) is 0 Å². The first-order valence-electron chi connectivity index (χ1n) is 3.78. The zero-order valence-electron chi connectivity index (χ0n) is 6.70. The molecule has 0 saturated heterocycles. The number of allylic oxidation sites excluding steroid dienone is 4. The molecule has 0 heterocycles. The van der Waals surface area contributed by atoms with Gasteiger partial charge in [-0.15, -0.1) is 0 Å². The largest absolute Gasteiger partial charge is 0.0732 e. The van der Waals surface area contributed by atoms with Gasteiger partial charge in [0.15, 0.2) is 0 Å². The van der Waals surface area contributed by atoms with Gasteiger partial charge in [-0.2, -0.15) is 0 Å². The van der Waals surface area contributed by atoms with E-state index in [-0.39, 0.29) is 25.8 Å². The Morgan fingerprint density at radius 3 is 2.17 bits per heavy atom. The first-order chi connectivity index (χ1) is 5.47. The zero-order chi connectivity index (χ0) is 7.52. The van der Waals surface area contributed by atoms with Crippen LogP contribution in [0.3, 0.4) is 0 Å². The van der Waals surface area contributed by atoms with E-state index in [9.17, 15) is 0 Å². The third-order valence-corrected chi connectivity index (χ3v) is 1.88. The average molecular weight is 320 g/mol. The molecule has 2 rings (SSSR count). The van der Waals surface area contributed by atoms with E-state index in [1.165, 1.54) is 5.56 Å². The standard InChI is InChI=1S/C11H9.Hf/c1-2-6-10(7-3-1)11-8-4-5-9-11;/h2-9,11H;. The topological polar surface area (TPSA) is 0 Å². The minimum atomic E-state index is 0. The minimum Gasteiger partial charge on any atom is -0.0732 e. The summed E-state index contributed by atoms with van der Waals surface area (Å²) in [5.41, 5.74) is 1.34. The first-order valence-corrected chi connectivity index (χ1v) is 3.78. The maximum Gasteiger partial charge on any atom is 0.0204 e. The fourth-order valence-corrected chi connectivity index (χ4v) is 1.28. The smallest absolute Gasteiger partial charge is 0.0204 e. The Morgan fingerprint density at radius 1 is 1.00 bits per heavy atom. The van der Waals surface area contributed by atoms with Crippen LogP contribution in [0.5, 0.6) is 0 Å². The van der Waals surface area contributed by atoms with Crippen molar-refractivity contribution in [3.05, 3.63) is 60.2 Å². The molecule has 0 nitrogen and oxygen atoms in total. The van der Waals surface area contributed by atoms with Gasteiger partial charge in [0.25, 0.3) is 0 Å². The van der Waals surface area contributed by atoms with Gasteiger partial charge in [-0.3, -0.25) is 0 Å². The van der Waals surface area contributed by atoms with E-state index in [0.29, 0.717) is 5.92 Å². The van der Waals surface area contributed by atoms with Crippen molar-refractivity contribution in [2.24, 2.45) is 0 Å². The summed E-state index contributed by atoms with van der Waals surface area (Å²) < 4.78 is 0. The van der Waals surface area contributed by atoms with Gasteiger partial charge in [-0.05, 0) is 11.6 Å². The summed E-state index contributed by atoms with van der Waals surface area (Å²) in [5, 5.41) is 0. The normalized spacial score (nSPS) is 14.7. The molecule has 1 aromatic carbocycles. The number of rotatable bonds is 1. The van der Waals surface area contributed by atoms with Gasteiger partial charge < -0.3 is 0 Å². The monoisotopic (exact) mass is 321 g/mol. The Balaban J connectivity index is 0.000000720. The van der Waals surface area contributed by atoms with Gasteiger partial charge >= 0.3 is 0 Å². The van der Waals surface area contributed by atoms with E-state index in [4.69, 9.17) is 0 Å². The fraction of sp³-hybridized carbons (Fsp3) is 0.0909. The molecule has 0 saturated carbocycles. The minimum absolute atomic E-state index is 0. The summed E-state index contributed by atoms with van der Waals surface area (Å²) in [6, 6.07) is 11.1. The molecule has 0 amide bonds. The van der Waals surface area contributed by atoms with Gasteiger partial charge in [0, 0.05) is 31.8 Å². The van der Waals surface area contributed by atoms with Gasteiger partial charge in [0.2, 0.25) is 0 Å². The van der Waals surface area contributed by atoms with Crippen LogP contribution in [0.25, 0.3) is 0 Å². The summed E-state index contributed by atoms with van der Waals surface area (Å²) in [7, 11) is 0. The molecule has 1 aliphatic carbocycles. The van der Waals surface area contributed by atoms with Crippen molar-refractivity contribution in [1.29, 1.82) is 0 Å². The molecule has 12 heavy (non-hydrogen) atoms. The molecule has 0 N–H and O–H groups in total. The second kappa shape index (κ2) is 4.56. The van der Waals surface area contributed by atoms with Gasteiger partial charge in [0.05, 0.1) is 0 Å². The van der Waals surface area contributed by atoms with Crippen molar-refractivity contribution in [1.82, 2.24) is 0 Å². The van der Waals surface area contributed by atoms with Crippen molar-refractivity contribution in [2.45, 2.75) is 5.92 Å². The zero-order valence-corrected chi connectivity index (χ0v) is 10.3. The SMILES string of the molecule is [Hf].[c]1ccc(C2C=CC=C2)cc1. The third kappa shape index (κ3) is 2.04. The summed E-state index contributed by atoms with van der Waals surface area (Å²) in [6.07, 6.45) is 8.55. The van der Waals surface area contributed by atoms with Gasteiger partial charge in [0.1, 0.15) is 0 Å². The second-order valence-electron chi connectivity index (χ2n) is 2.63. The molecule has 1 radical (unpaired) electrons. The van der Waals surface area contributed by atoms with Crippen LogP contribution in [0.15, 0.2) is 48.6 Å². The van der Waals surface area contributed by atoms with E-state index in [2.05, 4.69) is 42.5 Å². The van der Waals surface area contributed by atoms with E-state index in [1.807, 2.05) is 12.1 Å². The molecule has 0 fully saturated rings. The van der Waals surface area contributed by atoms with Crippen molar-refractivity contribution < 1.29 is 25.8 Å². The van der Waals surface area contributed by atoms with Crippen molar-refractivity contribution in [3.8, 4) is 0 Å². The van der Waals surface area contributed by atoms with Crippen LogP contribution in [0.4, 0.5) is 0 Å². The van der Waals surface area contributed by atoms with Crippen LogP contribution < -0.4 is 0 Å². The fourth-order valence-electron chi connectivity index (χ4n) is 1.28. The Kier molecular flexibility index (Phi) is 3.67. The van der Waals surface area contributed by atoms with E-state index < -0.39 is 0 Å². The van der Waals surface area contributed by atoms with Crippen LogP contribution >= 0.6 is 0 Å². The molecule has 1 heteroatoms. The van der Waals surface area contributed by atoms with Crippen molar-refractivity contribution in [3.63, 3.8) is 0 Å². The van der Waals surface area contributed by atoms with Crippen molar-refractivity contribution in [2.75, 3.05) is 0 Å². The average Bonchev–Trinajstić information content (AvgIpc) is 2.58. The molecule has 57 valence electrons. The Bertz CT molecular complexity index is 273. The van der Waals surface area contributed by atoms with Crippen LogP contribution in [0.2, 0.25) is 0 Å². The number of hydrogen-bond donors (Lipinski definition) is 0. The summed E-state index contributed by atoms with van der Waals surface area (Å²) >= 11 is 0. The van der Waals surface area contributed by atoms with E-state index in [1.54, 1.807) is 0 Å². The summed E-state index contributed by atoms with van der Waals surface area (Å²) in [5.74, 6) is 0.490. The maximum absolute atomic E-state index is 3.01. The van der Waals surface area contributed by atoms with Crippen molar-refractivity contribution >= 4 is 0 Å². The predicted molar refractivity (Wildman–Crippen MR) is 46.3 cm³/mol. The molecular formula is C11H9Hf. The maximum atomic E-state index is 3.01. The molecule has 0 atom stereocenters. The second-order valence-corrected chi connectivity index (χ2v) is 2.63. The van der Waals surface area contributed by atoms with Gasteiger partial charge in [-0.25, -0.2) is 0 Å². The third-order valence-electron chi connectivity index (χ3n) is 1.88. The Labute approximate surface area is 91.8 Å². The number of hydrogen-bond acceptors (Lipinski definition) is 0. The molecule has 0 aromatic heterocycles. The Morgan fingerprint density at radius 2 is 1.58 bits per heavy atom. The van der Waals surface area contributed by atoms with Crippen LogP contribution in [0, 0.1) is 6.07 Å². The summed E-state index contributed by atoms with van der Waals surface area (Å²) in [6.45, 7) is 0. The van der Waals surface area contributed by atoms with Gasteiger partial charge in [-0.1, -0.05) is 48.6 Å². The van der Waals surface area contributed by atoms with E-state index >= 15 is 0 Å². The molecular weight excluding hydrogens is 311 g/mol. The molecule has 0 spiro atoms. The predicted octanol–water partition coefficient (Wildman–Crippen LogP) is 2.69. The summed E-state index contributed by atoms with van der Waals surface area (Å²) in [4.78, 5) is 0. The molecule has 1 aromatic rings. The first kappa shape index (κ1) is 9.66. The molecule has 0 bridgehead atoms. The molecule has 1 aliphatic rings. The van der Waals surface area contributed by atoms with Crippen LogP contribution in [0.1, 0.15) is 11.5 Å². The van der Waals surface area contributed by atoms with Crippen LogP contribution in [-0.2, 0) is 25.8 Å². The molecule has 0 unspecified atom stereocenters. The number of benzene rings is 1.